The van der Waals surface area contributed by atoms with Crippen LogP contribution in [0.3, 0.4) is 0 Å². The predicted octanol–water partition coefficient (Wildman–Crippen LogP) is 2.50. The highest BCUT2D eigenvalue weighted by atomic mass is 35.5. The maximum absolute atomic E-state index is 13.7. The summed E-state index contributed by atoms with van der Waals surface area (Å²) < 4.78 is 57.4. The average Bonchev–Trinajstić information content (AvgIpc) is 3.20. The molecule has 166 valence electrons. The molecular weight excluding hydrogens is 462 g/mol. The maximum Gasteiger partial charge on any atom is 0.247 e. The Morgan fingerprint density at radius 2 is 1.87 bits per heavy atom. The third-order valence-corrected chi connectivity index (χ3v) is 8.40. The highest BCUT2D eigenvalue weighted by molar-refractivity contribution is 7.90. The fourth-order valence-corrected chi connectivity index (χ4v) is 6.16. The van der Waals surface area contributed by atoms with Crippen LogP contribution in [0.4, 0.5) is 0 Å². The molecule has 1 fully saturated rings. The molecule has 2 aromatic rings. The van der Waals surface area contributed by atoms with Crippen molar-refractivity contribution in [3.8, 4) is 11.9 Å². The van der Waals surface area contributed by atoms with Gasteiger partial charge in [-0.15, -0.1) is 0 Å². The van der Waals surface area contributed by atoms with E-state index >= 15 is 0 Å². The molecule has 0 spiro atoms. The van der Waals surface area contributed by atoms with Crippen molar-refractivity contribution in [2.75, 3.05) is 26.5 Å². The van der Waals surface area contributed by atoms with Gasteiger partial charge in [0.1, 0.15) is 10.6 Å². The van der Waals surface area contributed by atoms with E-state index in [1.807, 2.05) is 0 Å². The molecule has 1 atom stereocenters. The smallest absolute Gasteiger partial charge is 0.247 e. The number of sulfone groups is 1. The molecule has 3 rings (SSSR count). The lowest BCUT2D eigenvalue weighted by atomic mass is 10.2. The first-order valence-corrected chi connectivity index (χ1v) is 13.1. The summed E-state index contributed by atoms with van der Waals surface area (Å²) in [7, 11) is -6.04. The Bertz CT molecular complexity index is 1210. The van der Waals surface area contributed by atoms with Crippen molar-refractivity contribution in [1.82, 2.24) is 9.21 Å². The zero-order chi connectivity index (χ0) is 22.8. The lowest BCUT2D eigenvalue weighted by molar-refractivity contribution is 0.312. The number of hydrogen-bond donors (Lipinski definition) is 0. The molecule has 1 heterocycles. The van der Waals surface area contributed by atoms with E-state index in [4.69, 9.17) is 16.3 Å². The highest BCUT2D eigenvalue weighted by Crippen LogP contribution is 2.33. The molecule has 0 bridgehead atoms. The minimum Gasteiger partial charge on any atom is -0.495 e. The number of methoxy groups -OCH3 is 1. The van der Waals surface area contributed by atoms with Crippen LogP contribution in [0.15, 0.2) is 52.3 Å². The summed E-state index contributed by atoms with van der Waals surface area (Å²) in [5.74, 6) is 0.164. The van der Waals surface area contributed by atoms with Crippen LogP contribution in [0.1, 0.15) is 12.0 Å². The molecule has 0 saturated carbocycles. The molecule has 1 aliphatic heterocycles. The van der Waals surface area contributed by atoms with Crippen LogP contribution in [-0.4, -0.2) is 58.5 Å². The molecule has 0 amide bonds. The van der Waals surface area contributed by atoms with Crippen LogP contribution in [-0.2, 0) is 26.4 Å². The van der Waals surface area contributed by atoms with E-state index in [0.717, 1.165) is 6.26 Å². The average molecular weight is 484 g/mol. The summed E-state index contributed by atoms with van der Waals surface area (Å²) in [5.41, 5.74) is 0.618. The summed E-state index contributed by atoms with van der Waals surface area (Å²) in [6.45, 7) is 0.721. The SMILES string of the molecule is COc1ccc(Cl)cc1S(=O)(=O)N(Cc1ccc(S(C)(=O)=O)cc1)[C@@H]1CCN(C#N)C1. The highest BCUT2D eigenvalue weighted by Gasteiger charge is 2.37. The van der Waals surface area contributed by atoms with Crippen molar-refractivity contribution >= 4 is 31.5 Å². The lowest BCUT2D eigenvalue weighted by Gasteiger charge is -2.28. The van der Waals surface area contributed by atoms with E-state index in [2.05, 4.69) is 6.19 Å². The number of rotatable bonds is 7. The van der Waals surface area contributed by atoms with Crippen molar-refractivity contribution in [3.63, 3.8) is 0 Å². The number of nitrogens with zero attached hydrogens (tertiary/aromatic N) is 3. The normalized spacial score (nSPS) is 17.0. The van der Waals surface area contributed by atoms with Crippen LogP contribution >= 0.6 is 11.6 Å². The zero-order valence-electron chi connectivity index (χ0n) is 17.0. The molecule has 0 radical (unpaired) electrons. The van der Waals surface area contributed by atoms with E-state index in [0.29, 0.717) is 18.5 Å². The molecule has 0 aliphatic carbocycles. The molecule has 2 aromatic carbocycles. The molecule has 0 N–H and O–H groups in total. The van der Waals surface area contributed by atoms with E-state index in [9.17, 15) is 22.1 Å². The standard InChI is InChI=1S/C20H22ClN3O5S2/c1-29-19-8-5-16(21)11-20(19)31(27,28)24(17-9-10-23(13-17)14-22)12-15-3-6-18(7-4-15)30(2,25)26/h3-8,11,17H,9-10,12-13H2,1-2H3/t17-/m1/s1. The molecule has 0 unspecified atom stereocenters. The van der Waals surface area contributed by atoms with E-state index in [1.54, 1.807) is 18.2 Å². The zero-order valence-corrected chi connectivity index (χ0v) is 19.4. The Morgan fingerprint density at radius 3 is 2.42 bits per heavy atom. The van der Waals surface area contributed by atoms with Gasteiger partial charge >= 0.3 is 0 Å². The fraction of sp³-hybridized carbons (Fsp3) is 0.350. The first kappa shape index (κ1) is 23.3. The van der Waals surface area contributed by atoms with Gasteiger partial charge in [-0.05, 0) is 42.3 Å². The van der Waals surface area contributed by atoms with Gasteiger partial charge in [-0.3, -0.25) is 0 Å². The van der Waals surface area contributed by atoms with Crippen LogP contribution in [0.2, 0.25) is 5.02 Å². The third kappa shape index (κ3) is 5.13. The Hall–Kier alpha value is -2.32. The number of likely N-dealkylation sites (tertiary alicyclic amines) is 1. The molecular formula is C20H22ClN3O5S2. The number of halogens is 1. The Morgan fingerprint density at radius 1 is 1.19 bits per heavy atom. The number of ether oxygens (including phenoxy) is 1. The fourth-order valence-electron chi connectivity index (χ4n) is 3.48. The van der Waals surface area contributed by atoms with E-state index in [1.165, 1.54) is 40.6 Å². The Labute approximate surface area is 187 Å². The van der Waals surface area contributed by atoms with Crippen LogP contribution in [0, 0.1) is 11.5 Å². The van der Waals surface area contributed by atoms with Crippen molar-refractivity contribution in [2.45, 2.75) is 28.8 Å². The first-order chi connectivity index (χ1) is 14.6. The third-order valence-electron chi connectivity index (χ3n) is 5.11. The summed E-state index contributed by atoms with van der Waals surface area (Å²) in [6.07, 6.45) is 3.65. The van der Waals surface area contributed by atoms with Crippen molar-refractivity contribution in [2.24, 2.45) is 0 Å². The van der Waals surface area contributed by atoms with Crippen LogP contribution in [0.5, 0.6) is 5.75 Å². The van der Waals surface area contributed by atoms with Gasteiger partial charge in [0, 0.05) is 37.0 Å². The monoisotopic (exact) mass is 483 g/mol. The quantitative estimate of drug-likeness (QED) is 0.556. The first-order valence-electron chi connectivity index (χ1n) is 9.35. The number of benzene rings is 2. The second kappa shape index (κ2) is 9.04. The van der Waals surface area contributed by atoms with Gasteiger partial charge in [-0.2, -0.15) is 9.57 Å². The minimum atomic E-state index is -4.05. The number of sulfonamides is 1. The van der Waals surface area contributed by atoms with Gasteiger partial charge < -0.3 is 9.64 Å². The Kier molecular flexibility index (Phi) is 6.81. The molecule has 11 heteroatoms. The van der Waals surface area contributed by atoms with Crippen LogP contribution < -0.4 is 4.74 Å². The number of hydrogen-bond acceptors (Lipinski definition) is 7. The topological polar surface area (TPSA) is 108 Å². The van der Waals surface area contributed by atoms with Gasteiger partial charge in [0.05, 0.1) is 12.0 Å². The summed E-state index contributed by atoms with van der Waals surface area (Å²) in [4.78, 5) is 1.60. The number of nitriles is 1. The molecule has 8 nitrogen and oxygen atoms in total. The predicted molar refractivity (Wildman–Crippen MR) is 116 cm³/mol. The van der Waals surface area contributed by atoms with Gasteiger partial charge in [-0.25, -0.2) is 16.8 Å². The van der Waals surface area contributed by atoms with Crippen molar-refractivity contribution < 1.29 is 21.6 Å². The molecule has 1 saturated heterocycles. The Balaban J connectivity index is 2.03. The maximum atomic E-state index is 13.7. The van der Waals surface area contributed by atoms with Gasteiger partial charge in [0.2, 0.25) is 10.0 Å². The summed E-state index contributed by atoms with van der Waals surface area (Å²) in [6, 6.07) is 10.0. The van der Waals surface area contributed by atoms with Crippen molar-refractivity contribution in [1.29, 1.82) is 5.26 Å². The second-order valence-corrected chi connectivity index (χ2v) is 11.6. The van der Waals surface area contributed by atoms with Gasteiger partial charge in [0.15, 0.2) is 16.0 Å². The van der Waals surface area contributed by atoms with Crippen molar-refractivity contribution in [3.05, 3.63) is 53.1 Å². The van der Waals surface area contributed by atoms with E-state index in [-0.39, 0.29) is 33.7 Å². The molecule has 1 aliphatic rings. The van der Waals surface area contributed by atoms with E-state index < -0.39 is 25.9 Å². The van der Waals surface area contributed by atoms with Crippen LogP contribution in [0.25, 0.3) is 0 Å². The molecule has 0 aromatic heterocycles. The summed E-state index contributed by atoms with van der Waals surface area (Å²) >= 11 is 6.06. The lowest BCUT2D eigenvalue weighted by Crippen LogP contribution is -2.41. The van der Waals surface area contributed by atoms with Gasteiger partial charge in [0.25, 0.3) is 0 Å². The van der Waals surface area contributed by atoms with Gasteiger partial charge in [-0.1, -0.05) is 23.7 Å². The minimum absolute atomic E-state index is 0.00593. The summed E-state index contributed by atoms with van der Waals surface area (Å²) in [5, 5.41) is 9.47. The second-order valence-electron chi connectivity index (χ2n) is 7.25. The largest absolute Gasteiger partial charge is 0.495 e. The molecule has 31 heavy (non-hydrogen) atoms.